The number of aromatic nitrogens is 1. The Morgan fingerprint density at radius 2 is 2.31 bits per heavy atom. The van der Waals surface area contributed by atoms with Crippen molar-refractivity contribution in [3.63, 3.8) is 0 Å². The predicted octanol–water partition coefficient (Wildman–Crippen LogP) is 1.97. The second kappa shape index (κ2) is 2.95. The van der Waals surface area contributed by atoms with Gasteiger partial charge in [0.2, 0.25) is 0 Å². The van der Waals surface area contributed by atoms with Crippen molar-refractivity contribution < 1.29 is 4.92 Å². The number of hydrogen-bond acceptors (Lipinski definition) is 3. The summed E-state index contributed by atoms with van der Waals surface area (Å²) in [7, 11) is 0. The lowest BCUT2D eigenvalue weighted by molar-refractivity contribution is -0.385. The summed E-state index contributed by atoms with van der Waals surface area (Å²) in [6.45, 7) is 0. The molecule has 1 aromatic heterocycles. The SMILES string of the molecule is O=[N+]([O-])c1ccnc2c1C(I)=C[N]2. The Labute approximate surface area is 87.2 Å². The standard InChI is InChI=1S/C7H3IN3O2/c8-4-3-10-7-6(4)5(11(12)13)1-2-9-7/h1-3H. The molecule has 1 aromatic rings. The van der Waals surface area contributed by atoms with Gasteiger partial charge in [0, 0.05) is 22.0 Å². The molecule has 0 fully saturated rings. The van der Waals surface area contributed by atoms with Crippen molar-refractivity contribution in [2.75, 3.05) is 0 Å². The van der Waals surface area contributed by atoms with Gasteiger partial charge < -0.3 is 0 Å². The second-order valence-electron chi connectivity index (χ2n) is 2.39. The van der Waals surface area contributed by atoms with E-state index in [0.29, 0.717) is 11.4 Å². The Morgan fingerprint density at radius 3 is 3.00 bits per heavy atom. The molecule has 1 aliphatic heterocycles. The van der Waals surface area contributed by atoms with Crippen LogP contribution >= 0.6 is 22.6 Å². The lowest BCUT2D eigenvalue weighted by Crippen LogP contribution is -1.94. The molecule has 0 aliphatic carbocycles. The smallest absolute Gasteiger partial charge is 0.258 e. The lowest BCUT2D eigenvalue weighted by atomic mass is 10.2. The van der Waals surface area contributed by atoms with Crippen LogP contribution in [0.4, 0.5) is 11.5 Å². The van der Waals surface area contributed by atoms with Gasteiger partial charge in [0.05, 0.1) is 4.92 Å². The van der Waals surface area contributed by atoms with E-state index >= 15 is 0 Å². The minimum Gasteiger partial charge on any atom is -0.258 e. The van der Waals surface area contributed by atoms with E-state index in [-0.39, 0.29) is 5.69 Å². The molecular formula is C7H3IN3O2. The molecule has 2 heterocycles. The normalized spacial score (nSPS) is 13.2. The first-order valence-corrected chi connectivity index (χ1v) is 4.48. The number of nitro groups is 1. The number of hydrogen-bond donors (Lipinski definition) is 0. The number of halogens is 1. The maximum Gasteiger partial charge on any atom is 0.283 e. The van der Waals surface area contributed by atoms with Gasteiger partial charge in [-0.2, -0.15) is 0 Å². The van der Waals surface area contributed by atoms with E-state index in [4.69, 9.17) is 0 Å². The topological polar surface area (TPSA) is 70.1 Å². The summed E-state index contributed by atoms with van der Waals surface area (Å²) in [6.07, 6.45) is 2.97. The minimum atomic E-state index is -0.423. The molecule has 0 spiro atoms. The first kappa shape index (κ1) is 8.42. The molecule has 6 heteroatoms. The Bertz CT molecular complexity index is 416. The third kappa shape index (κ3) is 1.26. The number of rotatable bonds is 1. The Kier molecular flexibility index (Phi) is 1.91. The molecule has 0 saturated carbocycles. The zero-order valence-corrected chi connectivity index (χ0v) is 8.43. The van der Waals surface area contributed by atoms with Crippen LogP contribution in [0.2, 0.25) is 0 Å². The Balaban J connectivity index is 2.66. The van der Waals surface area contributed by atoms with Crippen LogP contribution in [0.15, 0.2) is 18.5 Å². The second-order valence-corrected chi connectivity index (χ2v) is 3.55. The van der Waals surface area contributed by atoms with Gasteiger partial charge in [-0.15, -0.1) is 0 Å². The third-order valence-electron chi connectivity index (χ3n) is 1.64. The molecule has 1 radical (unpaired) electrons. The molecule has 0 atom stereocenters. The van der Waals surface area contributed by atoms with Crippen LogP contribution in [0, 0.1) is 10.1 Å². The quantitative estimate of drug-likeness (QED) is 0.450. The molecule has 0 bridgehead atoms. The molecule has 65 valence electrons. The summed E-state index contributed by atoms with van der Waals surface area (Å²) < 4.78 is 0.757. The summed E-state index contributed by atoms with van der Waals surface area (Å²) in [6, 6.07) is 1.38. The molecule has 0 aromatic carbocycles. The molecule has 0 unspecified atom stereocenters. The predicted molar refractivity (Wildman–Crippen MR) is 54.7 cm³/mol. The molecule has 2 rings (SSSR count). The highest BCUT2D eigenvalue weighted by atomic mass is 127. The first-order valence-electron chi connectivity index (χ1n) is 3.40. The molecule has 0 saturated heterocycles. The van der Waals surface area contributed by atoms with E-state index in [1.165, 1.54) is 12.3 Å². The minimum absolute atomic E-state index is 0.0619. The van der Waals surface area contributed by atoms with E-state index in [0.717, 1.165) is 3.58 Å². The van der Waals surface area contributed by atoms with Crippen molar-refractivity contribution in [3.8, 4) is 0 Å². The van der Waals surface area contributed by atoms with Crippen molar-refractivity contribution in [1.29, 1.82) is 0 Å². The van der Waals surface area contributed by atoms with Crippen LogP contribution in [-0.4, -0.2) is 9.91 Å². The van der Waals surface area contributed by atoms with Gasteiger partial charge in [0.25, 0.3) is 5.69 Å². The summed E-state index contributed by atoms with van der Waals surface area (Å²) in [5, 5.41) is 14.6. The van der Waals surface area contributed by atoms with Crippen LogP contribution in [0.1, 0.15) is 5.56 Å². The van der Waals surface area contributed by atoms with E-state index in [9.17, 15) is 10.1 Å². The van der Waals surface area contributed by atoms with E-state index in [1.54, 1.807) is 6.20 Å². The monoisotopic (exact) mass is 288 g/mol. The summed E-state index contributed by atoms with van der Waals surface area (Å²) in [5.74, 6) is 0.429. The summed E-state index contributed by atoms with van der Waals surface area (Å²) in [5.41, 5.74) is 0.583. The van der Waals surface area contributed by atoms with E-state index in [2.05, 4.69) is 10.3 Å². The van der Waals surface area contributed by atoms with Crippen molar-refractivity contribution in [1.82, 2.24) is 10.3 Å². The zero-order valence-electron chi connectivity index (χ0n) is 6.27. The third-order valence-corrected chi connectivity index (χ3v) is 2.46. The highest BCUT2D eigenvalue weighted by Gasteiger charge is 2.25. The van der Waals surface area contributed by atoms with E-state index < -0.39 is 4.92 Å². The molecule has 0 N–H and O–H groups in total. The molecule has 0 amide bonds. The van der Waals surface area contributed by atoms with Crippen LogP contribution in [0.25, 0.3) is 3.58 Å². The average molecular weight is 288 g/mol. The van der Waals surface area contributed by atoms with Gasteiger partial charge >= 0.3 is 0 Å². The van der Waals surface area contributed by atoms with Crippen LogP contribution in [0.5, 0.6) is 0 Å². The van der Waals surface area contributed by atoms with Gasteiger partial charge in [-0.1, -0.05) is 0 Å². The van der Waals surface area contributed by atoms with Crippen molar-refractivity contribution in [3.05, 3.63) is 34.1 Å². The Morgan fingerprint density at radius 1 is 1.54 bits per heavy atom. The molecule has 5 nitrogen and oxygen atoms in total. The maximum atomic E-state index is 10.6. The van der Waals surface area contributed by atoms with Crippen LogP contribution in [0.3, 0.4) is 0 Å². The Hall–Kier alpha value is -1.18. The summed E-state index contributed by atoms with van der Waals surface area (Å²) in [4.78, 5) is 14.1. The van der Waals surface area contributed by atoms with Gasteiger partial charge in [0.15, 0.2) is 5.82 Å². The molecule has 1 aliphatic rings. The number of nitrogens with zero attached hydrogens (tertiary/aromatic N) is 3. The zero-order chi connectivity index (χ0) is 9.42. The fourth-order valence-electron chi connectivity index (χ4n) is 1.10. The largest absolute Gasteiger partial charge is 0.283 e. The lowest BCUT2D eigenvalue weighted by Gasteiger charge is -1.98. The van der Waals surface area contributed by atoms with Crippen molar-refractivity contribution in [2.24, 2.45) is 0 Å². The summed E-state index contributed by atoms with van der Waals surface area (Å²) >= 11 is 2.01. The van der Waals surface area contributed by atoms with Crippen molar-refractivity contribution in [2.45, 2.75) is 0 Å². The average Bonchev–Trinajstić information content (AvgIpc) is 2.48. The number of pyridine rings is 1. The number of fused-ring (bicyclic) bond motifs is 1. The van der Waals surface area contributed by atoms with Crippen molar-refractivity contribution >= 4 is 37.7 Å². The van der Waals surface area contributed by atoms with E-state index in [1.807, 2.05) is 22.6 Å². The van der Waals surface area contributed by atoms with Gasteiger partial charge in [-0.25, -0.2) is 10.3 Å². The maximum absolute atomic E-state index is 10.6. The van der Waals surface area contributed by atoms with Gasteiger partial charge in [-0.05, 0) is 22.6 Å². The first-order chi connectivity index (χ1) is 6.20. The van der Waals surface area contributed by atoms with Gasteiger partial charge in [-0.3, -0.25) is 10.1 Å². The highest BCUT2D eigenvalue weighted by Crippen LogP contribution is 2.38. The van der Waals surface area contributed by atoms with Gasteiger partial charge in [0.1, 0.15) is 5.56 Å². The molecular weight excluding hydrogens is 285 g/mol. The fraction of sp³-hybridized carbons (Fsp3) is 0. The fourth-order valence-corrected chi connectivity index (χ4v) is 1.76. The molecule has 13 heavy (non-hydrogen) atoms. The van der Waals surface area contributed by atoms with Crippen LogP contribution < -0.4 is 5.32 Å². The highest BCUT2D eigenvalue weighted by molar-refractivity contribution is 14.1. The van der Waals surface area contributed by atoms with Crippen LogP contribution in [-0.2, 0) is 0 Å².